The summed E-state index contributed by atoms with van der Waals surface area (Å²) in [6, 6.07) is 7.45. The highest BCUT2D eigenvalue weighted by Gasteiger charge is 2.13. The van der Waals surface area contributed by atoms with E-state index >= 15 is 0 Å². The minimum atomic E-state index is -0.0877. The molecule has 21 heavy (non-hydrogen) atoms. The van der Waals surface area contributed by atoms with E-state index in [1.165, 1.54) is 0 Å². The van der Waals surface area contributed by atoms with Crippen LogP contribution in [0.3, 0.4) is 0 Å². The minimum absolute atomic E-state index is 0.0877. The zero-order chi connectivity index (χ0) is 14.8. The lowest BCUT2D eigenvalue weighted by molar-refractivity contribution is 0.619. The number of nitrogens with two attached hydrogens (primary N) is 1. The summed E-state index contributed by atoms with van der Waals surface area (Å²) in [4.78, 5) is 4.40. The van der Waals surface area contributed by atoms with E-state index in [1.54, 1.807) is 10.9 Å². The molecule has 2 heterocycles. The van der Waals surface area contributed by atoms with Crippen molar-refractivity contribution in [3.8, 4) is 5.69 Å². The van der Waals surface area contributed by atoms with Crippen LogP contribution in [-0.4, -0.2) is 20.0 Å². The molecule has 2 aromatic heterocycles. The lowest BCUT2D eigenvalue weighted by Gasteiger charge is -2.07. The number of nitrogens with zero attached hydrogens (tertiary/aromatic N) is 4. The van der Waals surface area contributed by atoms with Crippen LogP contribution in [0, 0.1) is 0 Å². The minimum Gasteiger partial charge on any atom is -0.323 e. The third-order valence-corrected chi connectivity index (χ3v) is 3.76. The zero-order valence-electron chi connectivity index (χ0n) is 11.7. The molecule has 5 nitrogen and oxygen atoms in total. The van der Waals surface area contributed by atoms with Crippen LogP contribution in [0.1, 0.15) is 31.5 Å². The predicted molar refractivity (Wildman–Crippen MR) is 83.5 cm³/mol. The molecule has 108 valence electrons. The van der Waals surface area contributed by atoms with E-state index in [0.29, 0.717) is 5.02 Å². The van der Waals surface area contributed by atoms with E-state index in [1.807, 2.05) is 30.5 Å². The third kappa shape index (κ3) is 2.62. The number of pyridine rings is 1. The fraction of sp³-hybridized carbons (Fsp3) is 0.267. The zero-order valence-corrected chi connectivity index (χ0v) is 12.5. The van der Waals surface area contributed by atoms with Crippen LogP contribution in [0.2, 0.25) is 5.02 Å². The van der Waals surface area contributed by atoms with Gasteiger partial charge in [-0.05, 0) is 30.7 Å². The molecule has 2 N–H and O–H groups in total. The van der Waals surface area contributed by atoms with Gasteiger partial charge in [-0.25, -0.2) is 4.68 Å². The summed E-state index contributed by atoms with van der Waals surface area (Å²) in [6.45, 7) is 2.10. The molecule has 1 atom stereocenters. The molecule has 0 saturated heterocycles. The standard InChI is InChI=1S/C15H16ClN5/c1-2-4-12(17)13-9-21(20-19-13)14-7-6-11(16)10-5-3-8-18-15(10)14/h3,5-9,12H,2,4,17H2,1H3. The summed E-state index contributed by atoms with van der Waals surface area (Å²) in [5, 5.41) is 9.91. The molecule has 0 saturated carbocycles. The first-order valence-electron chi connectivity index (χ1n) is 6.92. The van der Waals surface area contributed by atoms with Crippen molar-refractivity contribution in [3.05, 3.63) is 47.4 Å². The molecule has 0 amide bonds. The Bertz CT molecular complexity index is 768. The van der Waals surface area contributed by atoms with E-state index in [4.69, 9.17) is 17.3 Å². The maximum atomic E-state index is 6.21. The molecule has 6 heteroatoms. The fourth-order valence-electron chi connectivity index (χ4n) is 2.33. The molecular formula is C15H16ClN5. The first-order valence-corrected chi connectivity index (χ1v) is 7.30. The topological polar surface area (TPSA) is 69.6 Å². The van der Waals surface area contributed by atoms with Crippen molar-refractivity contribution in [2.24, 2.45) is 5.73 Å². The molecule has 0 aliphatic rings. The Labute approximate surface area is 127 Å². The van der Waals surface area contributed by atoms with Crippen LogP contribution < -0.4 is 5.73 Å². The molecule has 0 aliphatic heterocycles. The van der Waals surface area contributed by atoms with Crippen molar-refractivity contribution in [1.82, 2.24) is 20.0 Å². The molecule has 0 radical (unpaired) electrons. The van der Waals surface area contributed by atoms with Crippen LogP contribution in [0.4, 0.5) is 0 Å². The van der Waals surface area contributed by atoms with Gasteiger partial charge in [-0.1, -0.05) is 30.2 Å². The first-order chi connectivity index (χ1) is 10.2. The summed E-state index contributed by atoms with van der Waals surface area (Å²) in [7, 11) is 0. The van der Waals surface area contributed by atoms with Gasteiger partial charge < -0.3 is 5.73 Å². The SMILES string of the molecule is CCCC(N)c1cn(-c2ccc(Cl)c3cccnc23)nn1. The van der Waals surface area contributed by atoms with Gasteiger partial charge in [0, 0.05) is 11.6 Å². The Kier molecular flexibility index (Phi) is 3.86. The molecule has 3 rings (SSSR count). The third-order valence-electron chi connectivity index (χ3n) is 3.43. The summed E-state index contributed by atoms with van der Waals surface area (Å²) in [6.07, 6.45) is 5.50. The second kappa shape index (κ2) is 5.79. The summed E-state index contributed by atoms with van der Waals surface area (Å²) < 4.78 is 1.70. The first kappa shape index (κ1) is 14.0. The maximum Gasteiger partial charge on any atom is 0.0998 e. The molecule has 0 spiro atoms. The Morgan fingerprint density at radius 1 is 1.33 bits per heavy atom. The highest BCUT2D eigenvalue weighted by atomic mass is 35.5. The molecule has 3 aromatic rings. The number of halogens is 1. The summed E-state index contributed by atoms with van der Waals surface area (Å²) >= 11 is 6.21. The van der Waals surface area contributed by atoms with Crippen LogP contribution in [0.25, 0.3) is 16.6 Å². The van der Waals surface area contributed by atoms with E-state index in [-0.39, 0.29) is 6.04 Å². The maximum absolute atomic E-state index is 6.21. The Hall–Kier alpha value is -1.98. The van der Waals surface area contributed by atoms with Gasteiger partial charge in [0.05, 0.1) is 34.2 Å². The van der Waals surface area contributed by atoms with Gasteiger partial charge in [-0.15, -0.1) is 5.10 Å². The molecule has 0 fully saturated rings. The predicted octanol–water partition coefficient (Wildman–Crippen LogP) is 3.27. The van der Waals surface area contributed by atoms with Crippen molar-refractivity contribution in [2.45, 2.75) is 25.8 Å². The Morgan fingerprint density at radius 2 is 2.19 bits per heavy atom. The largest absolute Gasteiger partial charge is 0.323 e. The molecule has 0 bridgehead atoms. The number of aromatic nitrogens is 4. The van der Waals surface area contributed by atoms with Crippen LogP contribution in [-0.2, 0) is 0 Å². The average molecular weight is 302 g/mol. The lowest BCUT2D eigenvalue weighted by Crippen LogP contribution is -2.10. The van der Waals surface area contributed by atoms with E-state index in [2.05, 4.69) is 22.2 Å². The van der Waals surface area contributed by atoms with Crippen molar-refractivity contribution in [1.29, 1.82) is 0 Å². The number of hydrogen-bond donors (Lipinski definition) is 1. The summed E-state index contributed by atoms with van der Waals surface area (Å²) in [5.74, 6) is 0. The van der Waals surface area contributed by atoms with Crippen LogP contribution in [0.5, 0.6) is 0 Å². The van der Waals surface area contributed by atoms with E-state index in [0.717, 1.165) is 35.1 Å². The van der Waals surface area contributed by atoms with Gasteiger partial charge >= 0.3 is 0 Å². The van der Waals surface area contributed by atoms with Crippen molar-refractivity contribution >= 4 is 22.5 Å². The van der Waals surface area contributed by atoms with Gasteiger partial charge in [-0.3, -0.25) is 4.98 Å². The highest BCUT2D eigenvalue weighted by molar-refractivity contribution is 6.35. The van der Waals surface area contributed by atoms with Crippen molar-refractivity contribution < 1.29 is 0 Å². The van der Waals surface area contributed by atoms with Gasteiger partial charge in [0.1, 0.15) is 0 Å². The number of benzene rings is 1. The van der Waals surface area contributed by atoms with Crippen molar-refractivity contribution in [3.63, 3.8) is 0 Å². The quantitative estimate of drug-likeness (QED) is 0.803. The molecule has 1 aromatic carbocycles. The highest BCUT2D eigenvalue weighted by Crippen LogP contribution is 2.27. The van der Waals surface area contributed by atoms with Crippen molar-refractivity contribution in [2.75, 3.05) is 0 Å². The Balaban J connectivity index is 2.07. The normalized spacial score (nSPS) is 12.7. The monoisotopic (exact) mass is 301 g/mol. The Morgan fingerprint density at radius 3 is 3.00 bits per heavy atom. The number of rotatable bonds is 4. The number of hydrogen-bond acceptors (Lipinski definition) is 4. The summed E-state index contributed by atoms with van der Waals surface area (Å²) in [5.41, 5.74) is 8.51. The second-order valence-electron chi connectivity index (χ2n) is 4.95. The van der Waals surface area contributed by atoms with Crippen LogP contribution >= 0.6 is 11.6 Å². The average Bonchev–Trinajstić information content (AvgIpc) is 2.98. The van der Waals surface area contributed by atoms with E-state index < -0.39 is 0 Å². The van der Waals surface area contributed by atoms with Gasteiger partial charge in [-0.2, -0.15) is 0 Å². The van der Waals surface area contributed by atoms with Crippen LogP contribution in [0.15, 0.2) is 36.7 Å². The number of fused-ring (bicyclic) bond motifs is 1. The van der Waals surface area contributed by atoms with E-state index in [9.17, 15) is 0 Å². The second-order valence-corrected chi connectivity index (χ2v) is 5.36. The smallest absolute Gasteiger partial charge is 0.0998 e. The molecular weight excluding hydrogens is 286 g/mol. The lowest BCUT2D eigenvalue weighted by atomic mass is 10.1. The fourth-order valence-corrected chi connectivity index (χ4v) is 2.55. The molecule has 0 aliphatic carbocycles. The van der Waals surface area contributed by atoms with Gasteiger partial charge in [0.2, 0.25) is 0 Å². The van der Waals surface area contributed by atoms with Gasteiger partial charge in [0.15, 0.2) is 0 Å². The van der Waals surface area contributed by atoms with Gasteiger partial charge in [0.25, 0.3) is 0 Å². The molecule has 1 unspecified atom stereocenters.